The van der Waals surface area contributed by atoms with Crippen molar-refractivity contribution in [3.63, 3.8) is 0 Å². The zero-order valence-corrected chi connectivity index (χ0v) is 9.06. The number of hydrogen-bond donors (Lipinski definition) is 1. The average Bonchev–Trinajstić information content (AvgIpc) is 2.13. The summed E-state index contributed by atoms with van der Waals surface area (Å²) < 4.78 is 4.81. The second-order valence-electron chi connectivity index (χ2n) is 2.92. The van der Waals surface area contributed by atoms with E-state index in [-0.39, 0.29) is 24.4 Å². The zero-order valence-electron chi connectivity index (χ0n) is 8.30. The van der Waals surface area contributed by atoms with Gasteiger partial charge < -0.3 is 10.1 Å². The second-order valence-corrected chi connectivity index (χ2v) is 3.19. The highest BCUT2D eigenvalue weighted by Gasteiger charge is 2.09. The predicted octanol–water partition coefficient (Wildman–Crippen LogP) is 0.849. The first-order valence-electron chi connectivity index (χ1n) is 4.16. The summed E-state index contributed by atoms with van der Waals surface area (Å²) in [5.41, 5.74) is 0.417. The lowest BCUT2D eigenvalue weighted by atomic mass is 10.3. The Labute approximate surface area is 88.3 Å². The Hall–Kier alpha value is -1.03. The molecule has 0 aromatic rings. The molecule has 1 atom stereocenters. The number of nitrogens with one attached hydrogen (secondary N) is 1. The third-order valence-electron chi connectivity index (χ3n) is 1.38. The Bertz CT molecular complexity index is 240. The molecular formula is C9H14ClNO3. The van der Waals surface area contributed by atoms with E-state index in [2.05, 4.69) is 11.9 Å². The van der Waals surface area contributed by atoms with Crippen molar-refractivity contribution in [1.29, 1.82) is 0 Å². The molecule has 0 aliphatic carbocycles. The molecule has 0 fully saturated rings. The number of esters is 1. The van der Waals surface area contributed by atoms with E-state index in [4.69, 9.17) is 16.3 Å². The van der Waals surface area contributed by atoms with Crippen LogP contribution in [-0.2, 0) is 14.3 Å². The van der Waals surface area contributed by atoms with E-state index in [1.54, 1.807) is 13.8 Å². The van der Waals surface area contributed by atoms with Crippen molar-refractivity contribution in [3.05, 3.63) is 12.2 Å². The number of rotatable bonds is 5. The molecule has 0 rings (SSSR count). The standard InChI is InChI=1S/C9H14ClNO3/c1-6(2)9(13)11-5-7(3)14-8(12)4-10/h7H,1,4-5H2,2-3H3,(H,11,13). The first-order valence-corrected chi connectivity index (χ1v) is 4.70. The van der Waals surface area contributed by atoms with Gasteiger partial charge in [0, 0.05) is 5.57 Å². The van der Waals surface area contributed by atoms with Gasteiger partial charge in [0.15, 0.2) is 0 Å². The zero-order chi connectivity index (χ0) is 11.1. The third-order valence-corrected chi connectivity index (χ3v) is 1.60. The van der Waals surface area contributed by atoms with Crippen molar-refractivity contribution in [2.75, 3.05) is 12.4 Å². The lowest BCUT2D eigenvalue weighted by molar-refractivity contribution is -0.145. The predicted molar refractivity (Wildman–Crippen MR) is 54.1 cm³/mol. The molecule has 4 nitrogen and oxygen atoms in total. The van der Waals surface area contributed by atoms with Gasteiger partial charge in [-0.05, 0) is 13.8 Å². The molecule has 5 heteroatoms. The molecule has 0 saturated heterocycles. The monoisotopic (exact) mass is 219 g/mol. The summed E-state index contributed by atoms with van der Waals surface area (Å²) in [5, 5.41) is 2.55. The molecular weight excluding hydrogens is 206 g/mol. The average molecular weight is 220 g/mol. The lowest BCUT2D eigenvalue weighted by Crippen LogP contribution is -2.33. The van der Waals surface area contributed by atoms with Crippen molar-refractivity contribution in [2.24, 2.45) is 0 Å². The molecule has 1 unspecified atom stereocenters. The van der Waals surface area contributed by atoms with Gasteiger partial charge in [0.05, 0.1) is 6.54 Å². The molecule has 0 aliphatic rings. The highest BCUT2D eigenvalue weighted by molar-refractivity contribution is 6.26. The van der Waals surface area contributed by atoms with Crippen molar-refractivity contribution in [3.8, 4) is 0 Å². The van der Waals surface area contributed by atoms with E-state index in [1.807, 2.05) is 0 Å². The third kappa shape index (κ3) is 5.59. The van der Waals surface area contributed by atoms with E-state index < -0.39 is 5.97 Å². The molecule has 0 aromatic heterocycles. The number of hydrogen-bond acceptors (Lipinski definition) is 3. The van der Waals surface area contributed by atoms with Crippen LogP contribution in [0.5, 0.6) is 0 Å². The molecule has 0 aliphatic heterocycles. The molecule has 0 aromatic carbocycles. The minimum Gasteiger partial charge on any atom is -0.460 e. The fraction of sp³-hybridized carbons (Fsp3) is 0.556. The molecule has 0 saturated carbocycles. The van der Waals surface area contributed by atoms with Crippen LogP contribution in [0.3, 0.4) is 0 Å². The van der Waals surface area contributed by atoms with E-state index >= 15 is 0 Å². The van der Waals surface area contributed by atoms with Gasteiger partial charge in [-0.2, -0.15) is 0 Å². The minimum absolute atomic E-state index is 0.182. The van der Waals surface area contributed by atoms with Crippen molar-refractivity contribution < 1.29 is 14.3 Å². The van der Waals surface area contributed by atoms with Gasteiger partial charge in [-0.3, -0.25) is 9.59 Å². The van der Waals surface area contributed by atoms with Gasteiger partial charge in [0.2, 0.25) is 5.91 Å². The number of ether oxygens (including phenoxy) is 1. The quantitative estimate of drug-likeness (QED) is 0.424. The molecule has 1 N–H and O–H groups in total. The first kappa shape index (κ1) is 13.0. The maximum atomic E-state index is 11.0. The normalized spacial score (nSPS) is 11.6. The van der Waals surface area contributed by atoms with Crippen molar-refractivity contribution in [2.45, 2.75) is 20.0 Å². The minimum atomic E-state index is -0.497. The van der Waals surface area contributed by atoms with E-state index in [9.17, 15) is 9.59 Å². The number of halogens is 1. The fourth-order valence-electron chi connectivity index (χ4n) is 0.685. The number of carbonyl (C=O) groups is 2. The smallest absolute Gasteiger partial charge is 0.321 e. The van der Waals surface area contributed by atoms with Crippen LogP contribution in [0.25, 0.3) is 0 Å². The van der Waals surface area contributed by atoms with Crippen LogP contribution < -0.4 is 5.32 Å². The molecule has 0 radical (unpaired) electrons. The van der Waals surface area contributed by atoms with Gasteiger partial charge >= 0.3 is 5.97 Å². The molecule has 0 bridgehead atoms. The number of alkyl halides is 1. The summed E-state index contributed by atoms with van der Waals surface area (Å²) in [5.74, 6) is -0.929. The van der Waals surface area contributed by atoms with Gasteiger partial charge in [-0.15, -0.1) is 11.6 Å². The van der Waals surface area contributed by atoms with Crippen LogP contribution in [0.15, 0.2) is 12.2 Å². The van der Waals surface area contributed by atoms with E-state index in [1.165, 1.54) is 0 Å². The molecule has 1 amide bonds. The van der Waals surface area contributed by atoms with Crippen molar-refractivity contribution >= 4 is 23.5 Å². The first-order chi connectivity index (χ1) is 6.47. The van der Waals surface area contributed by atoms with Gasteiger partial charge in [0.1, 0.15) is 12.0 Å². The van der Waals surface area contributed by atoms with Gasteiger partial charge in [0.25, 0.3) is 0 Å². The summed E-state index contributed by atoms with van der Waals surface area (Å²) in [6, 6.07) is 0. The SMILES string of the molecule is C=C(C)C(=O)NCC(C)OC(=O)CCl. The van der Waals surface area contributed by atoms with Crippen LogP contribution in [0.2, 0.25) is 0 Å². The van der Waals surface area contributed by atoms with Crippen LogP contribution in [0, 0.1) is 0 Å². The highest BCUT2D eigenvalue weighted by Crippen LogP contribution is 1.93. The largest absolute Gasteiger partial charge is 0.460 e. The van der Waals surface area contributed by atoms with Crippen molar-refractivity contribution in [1.82, 2.24) is 5.32 Å². The van der Waals surface area contributed by atoms with Crippen LogP contribution in [-0.4, -0.2) is 30.4 Å². The second kappa shape index (κ2) is 6.43. The summed E-state index contributed by atoms with van der Waals surface area (Å²) >= 11 is 5.23. The topological polar surface area (TPSA) is 55.4 Å². The molecule has 14 heavy (non-hydrogen) atoms. The summed E-state index contributed by atoms with van der Waals surface area (Å²) in [6.07, 6.45) is -0.385. The van der Waals surface area contributed by atoms with Crippen LogP contribution in [0.4, 0.5) is 0 Å². The Morgan fingerprint density at radius 3 is 2.57 bits per heavy atom. The number of carbonyl (C=O) groups excluding carboxylic acids is 2. The number of amides is 1. The Kier molecular flexibility index (Phi) is 5.95. The summed E-state index contributed by atoms with van der Waals surface area (Å²) in [6.45, 7) is 7.00. The van der Waals surface area contributed by atoms with E-state index in [0.29, 0.717) is 5.57 Å². The Balaban J connectivity index is 3.74. The summed E-state index contributed by atoms with van der Waals surface area (Å²) in [4.78, 5) is 21.7. The van der Waals surface area contributed by atoms with Crippen LogP contribution >= 0.6 is 11.6 Å². The van der Waals surface area contributed by atoms with Crippen LogP contribution in [0.1, 0.15) is 13.8 Å². The Morgan fingerprint density at radius 2 is 2.14 bits per heavy atom. The Morgan fingerprint density at radius 1 is 1.57 bits per heavy atom. The molecule has 0 spiro atoms. The lowest BCUT2D eigenvalue weighted by Gasteiger charge is -2.12. The fourth-order valence-corrected chi connectivity index (χ4v) is 0.748. The maximum Gasteiger partial charge on any atom is 0.321 e. The molecule has 0 heterocycles. The highest BCUT2D eigenvalue weighted by atomic mass is 35.5. The maximum absolute atomic E-state index is 11.0. The van der Waals surface area contributed by atoms with E-state index in [0.717, 1.165) is 0 Å². The summed E-state index contributed by atoms with van der Waals surface area (Å²) in [7, 11) is 0. The van der Waals surface area contributed by atoms with Gasteiger partial charge in [-0.1, -0.05) is 6.58 Å². The van der Waals surface area contributed by atoms with Gasteiger partial charge in [-0.25, -0.2) is 0 Å². The molecule has 80 valence electrons.